The second-order valence-electron chi connectivity index (χ2n) is 7.59. The van der Waals surface area contributed by atoms with Gasteiger partial charge in [-0.15, -0.1) is 0 Å². The fourth-order valence-corrected chi connectivity index (χ4v) is 2.53. The summed E-state index contributed by atoms with van der Waals surface area (Å²) < 4.78 is 0. The van der Waals surface area contributed by atoms with Crippen molar-refractivity contribution in [1.82, 2.24) is 0 Å². The lowest BCUT2D eigenvalue weighted by Crippen LogP contribution is -2.08. The molecule has 2 aliphatic rings. The topological polar surface area (TPSA) is 0 Å². The molecule has 0 unspecified atom stereocenters. The van der Waals surface area contributed by atoms with E-state index in [1.807, 2.05) is 0 Å². The summed E-state index contributed by atoms with van der Waals surface area (Å²) in [6, 6.07) is 0. The van der Waals surface area contributed by atoms with Gasteiger partial charge >= 0.3 is 0 Å². The van der Waals surface area contributed by atoms with Crippen LogP contribution < -0.4 is 0 Å². The van der Waals surface area contributed by atoms with Crippen LogP contribution in [0.5, 0.6) is 0 Å². The van der Waals surface area contributed by atoms with E-state index in [0.29, 0.717) is 5.41 Å². The molecule has 0 spiro atoms. The zero-order chi connectivity index (χ0) is 13.6. The molecule has 0 atom stereocenters. The molecule has 0 saturated carbocycles. The summed E-state index contributed by atoms with van der Waals surface area (Å²) in [7, 11) is 0. The van der Waals surface area contributed by atoms with Crippen molar-refractivity contribution < 1.29 is 0 Å². The first kappa shape index (κ1) is 13.4. The van der Waals surface area contributed by atoms with Crippen molar-refractivity contribution in [1.29, 1.82) is 0 Å². The molecule has 0 aromatic rings. The molecule has 0 nitrogen and oxygen atoms in total. The highest BCUT2D eigenvalue weighted by molar-refractivity contribution is 5.51. The monoisotopic (exact) mass is 242 g/mol. The Morgan fingerprint density at radius 2 is 1.50 bits per heavy atom. The van der Waals surface area contributed by atoms with E-state index >= 15 is 0 Å². The minimum absolute atomic E-state index is 0.279. The molecule has 98 valence electrons. The van der Waals surface area contributed by atoms with Crippen molar-refractivity contribution in [2.24, 2.45) is 10.8 Å². The van der Waals surface area contributed by atoms with Gasteiger partial charge in [-0.3, -0.25) is 0 Å². The highest BCUT2D eigenvalue weighted by atomic mass is 14.3. The molecule has 0 fully saturated rings. The van der Waals surface area contributed by atoms with Gasteiger partial charge in [-0.05, 0) is 40.4 Å². The summed E-state index contributed by atoms with van der Waals surface area (Å²) in [4.78, 5) is 0. The van der Waals surface area contributed by atoms with E-state index in [0.717, 1.165) is 12.8 Å². The molecule has 0 amide bonds. The molecule has 0 heteroatoms. The van der Waals surface area contributed by atoms with Gasteiger partial charge in [0, 0.05) is 0 Å². The third-order valence-corrected chi connectivity index (χ3v) is 3.98. The molecule has 18 heavy (non-hydrogen) atoms. The van der Waals surface area contributed by atoms with Crippen LogP contribution in [0.25, 0.3) is 0 Å². The van der Waals surface area contributed by atoms with Gasteiger partial charge in [0.2, 0.25) is 0 Å². The van der Waals surface area contributed by atoms with Gasteiger partial charge in [-0.1, -0.05) is 71.4 Å². The Hall–Kier alpha value is -1.04. The summed E-state index contributed by atoms with van der Waals surface area (Å²) in [6.07, 6.45) is 11.7. The largest absolute Gasteiger partial charge is 0.0764 e. The SMILES string of the molecule is CC(C)(C)C1=CCC(C2=CC=C(C(C)(C)C)C2)=C1. The number of rotatable bonds is 1. The summed E-state index contributed by atoms with van der Waals surface area (Å²) in [5.74, 6) is 0. The van der Waals surface area contributed by atoms with E-state index in [9.17, 15) is 0 Å². The predicted molar refractivity (Wildman–Crippen MR) is 80.5 cm³/mol. The van der Waals surface area contributed by atoms with Crippen molar-refractivity contribution in [3.8, 4) is 0 Å². The standard InChI is InChI=1S/C18H26/c1-17(2,3)15-9-7-13(11-15)14-8-10-16(12-14)18(4,5)6/h7,9-10,12H,8,11H2,1-6H3. The van der Waals surface area contributed by atoms with Crippen LogP contribution in [0.3, 0.4) is 0 Å². The quantitative estimate of drug-likeness (QED) is 0.562. The van der Waals surface area contributed by atoms with Crippen LogP contribution in [-0.4, -0.2) is 0 Å². The second-order valence-corrected chi connectivity index (χ2v) is 7.59. The molecule has 0 aliphatic heterocycles. The molecule has 0 heterocycles. The van der Waals surface area contributed by atoms with Gasteiger partial charge in [0.25, 0.3) is 0 Å². The van der Waals surface area contributed by atoms with Crippen LogP contribution in [0.2, 0.25) is 0 Å². The Morgan fingerprint density at radius 3 is 1.94 bits per heavy atom. The average Bonchev–Trinajstić information content (AvgIpc) is 2.84. The van der Waals surface area contributed by atoms with E-state index < -0.39 is 0 Å². The number of allylic oxidation sites excluding steroid dienone is 8. The highest BCUT2D eigenvalue weighted by Crippen LogP contribution is 2.41. The van der Waals surface area contributed by atoms with Crippen molar-refractivity contribution >= 4 is 0 Å². The van der Waals surface area contributed by atoms with E-state index in [2.05, 4.69) is 65.8 Å². The lowest BCUT2D eigenvalue weighted by atomic mass is 9.84. The molecule has 0 bridgehead atoms. The van der Waals surface area contributed by atoms with E-state index in [-0.39, 0.29) is 5.41 Å². The molecule has 0 radical (unpaired) electrons. The Morgan fingerprint density at radius 1 is 0.833 bits per heavy atom. The van der Waals surface area contributed by atoms with Crippen molar-refractivity contribution in [3.63, 3.8) is 0 Å². The van der Waals surface area contributed by atoms with Crippen LogP contribution in [0.4, 0.5) is 0 Å². The lowest BCUT2D eigenvalue weighted by Gasteiger charge is -2.21. The van der Waals surface area contributed by atoms with Crippen LogP contribution in [-0.2, 0) is 0 Å². The van der Waals surface area contributed by atoms with Crippen LogP contribution >= 0.6 is 0 Å². The first-order valence-corrected chi connectivity index (χ1v) is 7.00. The maximum atomic E-state index is 2.41. The first-order chi connectivity index (χ1) is 8.18. The fraction of sp³-hybridized carbons (Fsp3) is 0.556. The molecule has 0 N–H and O–H groups in total. The predicted octanol–water partition coefficient (Wildman–Crippen LogP) is 5.59. The zero-order valence-corrected chi connectivity index (χ0v) is 12.7. The normalized spacial score (nSPS) is 20.6. The Bertz CT molecular complexity index is 465. The lowest BCUT2D eigenvalue weighted by molar-refractivity contribution is 0.494. The van der Waals surface area contributed by atoms with Gasteiger partial charge in [-0.2, -0.15) is 0 Å². The van der Waals surface area contributed by atoms with Gasteiger partial charge in [0.1, 0.15) is 0 Å². The van der Waals surface area contributed by atoms with Gasteiger partial charge in [0.15, 0.2) is 0 Å². The molecular weight excluding hydrogens is 216 g/mol. The number of hydrogen-bond acceptors (Lipinski definition) is 0. The third-order valence-electron chi connectivity index (χ3n) is 3.98. The zero-order valence-electron chi connectivity index (χ0n) is 12.7. The second kappa shape index (κ2) is 4.26. The maximum absolute atomic E-state index is 2.41. The first-order valence-electron chi connectivity index (χ1n) is 7.00. The Balaban J connectivity index is 2.08. The Kier molecular flexibility index (Phi) is 3.17. The molecular formula is C18H26. The summed E-state index contributed by atoms with van der Waals surface area (Å²) in [5.41, 5.74) is 6.68. The Labute approximate surface area is 112 Å². The van der Waals surface area contributed by atoms with E-state index in [1.165, 1.54) is 16.7 Å². The van der Waals surface area contributed by atoms with Crippen LogP contribution in [0, 0.1) is 10.8 Å². The molecule has 0 aromatic heterocycles. The summed E-state index contributed by atoms with van der Waals surface area (Å²) >= 11 is 0. The highest BCUT2D eigenvalue weighted by Gasteiger charge is 2.25. The average molecular weight is 242 g/mol. The fourth-order valence-electron chi connectivity index (χ4n) is 2.53. The van der Waals surface area contributed by atoms with Crippen molar-refractivity contribution in [2.75, 3.05) is 0 Å². The minimum Gasteiger partial charge on any atom is -0.0764 e. The minimum atomic E-state index is 0.279. The maximum Gasteiger partial charge on any atom is -0.00559 e. The van der Waals surface area contributed by atoms with E-state index in [4.69, 9.17) is 0 Å². The summed E-state index contributed by atoms with van der Waals surface area (Å²) in [6.45, 7) is 13.8. The smallest absolute Gasteiger partial charge is 0.00559 e. The van der Waals surface area contributed by atoms with Crippen LogP contribution in [0.1, 0.15) is 54.4 Å². The molecule has 0 aromatic carbocycles. The number of hydrogen-bond donors (Lipinski definition) is 0. The third kappa shape index (κ3) is 2.68. The molecule has 0 saturated heterocycles. The molecule has 2 aliphatic carbocycles. The van der Waals surface area contributed by atoms with Gasteiger partial charge < -0.3 is 0 Å². The van der Waals surface area contributed by atoms with Crippen LogP contribution in [0.15, 0.2) is 46.6 Å². The van der Waals surface area contributed by atoms with Gasteiger partial charge in [-0.25, -0.2) is 0 Å². The van der Waals surface area contributed by atoms with E-state index in [1.54, 1.807) is 5.57 Å². The van der Waals surface area contributed by atoms with Crippen molar-refractivity contribution in [2.45, 2.75) is 54.4 Å². The molecule has 2 rings (SSSR count). The van der Waals surface area contributed by atoms with Crippen molar-refractivity contribution in [3.05, 3.63) is 46.6 Å². The van der Waals surface area contributed by atoms with Gasteiger partial charge in [0.05, 0.1) is 0 Å². The summed E-state index contributed by atoms with van der Waals surface area (Å²) in [5, 5.41) is 0.